The zero-order valence-electron chi connectivity index (χ0n) is 8.54. The van der Waals surface area contributed by atoms with Crippen molar-refractivity contribution >= 4 is 16.7 Å². The van der Waals surface area contributed by atoms with E-state index in [4.69, 9.17) is 0 Å². The van der Waals surface area contributed by atoms with E-state index in [1.807, 2.05) is 6.07 Å². The van der Waals surface area contributed by atoms with Gasteiger partial charge in [-0.15, -0.1) is 0 Å². The predicted molar refractivity (Wildman–Crippen MR) is 58.5 cm³/mol. The summed E-state index contributed by atoms with van der Waals surface area (Å²) in [5, 5.41) is 0. The van der Waals surface area contributed by atoms with Crippen molar-refractivity contribution in [1.82, 2.24) is 9.97 Å². The number of imidazole rings is 1. The van der Waals surface area contributed by atoms with Crippen molar-refractivity contribution in [2.75, 3.05) is 18.0 Å². The standard InChI is InChI=1S/C11H14N3/c1-3-14(4-2)9-5-6-10-11(7-9)13-8-12-10/h5-7H,3-4H2,1-2H3,(H,12,13). The lowest BCUT2D eigenvalue weighted by Crippen LogP contribution is -2.21. The van der Waals surface area contributed by atoms with E-state index in [1.165, 1.54) is 5.69 Å². The fourth-order valence-corrected chi connectivity index (χ4v) is 1.65. The number of benzene rings is 1. The lowest BCUT2D eigenvalue weighted by molar-refractivity contribution is 0.867. The molecule has 1 aromatic carbocycles. The Morgan fingerprint density at radius 3 is 2.86 bits per heavy atom. The molecule has 73 valence electrons. The largest absolute Gasteiger partial charge is 0.372 e. The number of rotatable bonds is 3. The van der Waals surface area contributed by atoms with Gasteiger partial charge in [0.2, 0.25) is 0 Å². The Balaban J connectivity index is 2.42. The first kappa shape index (κ1) is 9.06. The number of hydrogen-bond donors (Lipinski definition) is 1. The van der Waals surface area contributed by atoms with E-state index >= 15 is 0 Å². The predicted octanol–water partition coefficient (Wildman–Crippen LogP) is 2.21. The van der Waals surface area contributed by atoms with Crippen LogP contribution in [0.4, 0.5) is 5.69 Å². The summed E-state index contributed by atoms with van der Waals surface area (Å²) in [5.41, 5.74) is 3.25. The summed E-state index contributed by atoms with van der Waals surface area (Å²) in [7, 11) is 0. The highest BCUT2D eigenvalue weighted by molar-refractivity contribution is 5.78. The van der Waals surface area contributed by atoms with Crippen LogP contribution in [-0.4, -0.2) is 23.1 Å². The van der Waals surface area contributed by atoms with Crippen molar-refractivity contribution in [2.24, 2.45) is 0 Å². The minimum absolute atomic E-state index is 0.981. The Bertz CT molecular complexity index is 415. The molecule has 0 unspecified atom stereocenters. The monoisotopic (exact) mass is 188 g/mol. The second-order valence-corrected chi connectivity index (χ2v) is 3.22. The molecule has 0 aliphatic rings. The van der Waals surface area contributed by atoms with Gasteiger partial charge in [0, 0.05) is 18.8 Å². The van der Waals surface area contributed by atoms with Crippen LogP contribution in [0.1, 0.15) is 13.8 Å². The number of nitrogens with one attached hydrogen (secondary N) is 1. The maximum Gasteiger partial charge on any atom is 0.174 e. The summed E-state index contributed by atoms with van der Waals surface area (Å²) in [6.45, 7) is 6.36. The molecule has 1 radical (unpaired) electrons. The minimum atomic E-state index is 0.981. The van der Waals surface area contributed by atoms with Gasteiger partial charge in [0.25, 0.3) is 0 Å². The van der Waals surface area contributed by atoms with Gasteiger partial charge >= 0.3 is 0 Å². The van der Waals surface area contributed by atoms with Gasteiger partial charge in [-0.2, -0.15) is 0 Å². The van der Waals surface area contributed by atoms with Crippen molar-refractivity contribution in [3.05, 3.63) is 24.5 Å². The first-order valence-corrected chi connectivity index (χ1v) is 4.96. The van der Waals surface area contributed by atoms with Crippen LogP contribution in [0, 0.1) is 6.33 Å². The molecule has 3 heteroatoms. The fourth-order valence-electron chi connectivity index (χ4n) is 1.65. The third-order valence-electron chi connectivity index (χ3n) is 2.48. The molecule has 0 fully saturated rings. The second kappa shape index (κ2) is 3.70. The molecule has 0 spiro atoms. The van der Waals surface area contributed by atoms with Crippen LogP contribution in [0.25, 0.3) is 11.0 Å². The van der Waals surface area contributed by atoms with E-state index in [0.29, 0.717) is 0 Å². The van der Waals surface area contributed by atoms with E-state index in [1.54, 1.807) is 0 Å². The molecule has 1 heterocycles. The molecular weight excluding hydrogens is 174 g/mol. The van der Waals surface area contributed by atoms with Gasteiger partial charge in [0.1, 0.15) is 0 Å². The van der Waals surface area contributed by atoms with Crippen molar-refractivity contribution in [3.63, 3.8) is 0 Å². The summed E-state index contributed by atoms with van der Waals surface area (Å²) in [4.78, 5) is 9.39. The molecule has 0 saturated heterocycles. The molecule has 2 aromatic rings. The Morgan fingerprint density at radius 1 is 1.36 bits per heavy atom. The topological polar surface area (TPSA) is 31.9 Å². The molecule has 0 amide bonds. The lowest BCUT2D eigenvalue weighted by atomic mass is 10.2. The number of fused-ring (bicyclic) bond motifs is 1. The van der Waals surface area contributed by atoms with E-state index in [0.717, 1.165) is 24.1 Å². The summed E-state index contributed by atoms with van der Waals surface area (Å²) >= 11 is 0. The van der Waals surface area contributed by atoms with E-state index in [-0.39, 0.29) is 0 Å². The van der Waals surface area contributed by atoms with Crippen molar-refractivity contribution in [2.45, 2.75) is 13.8 Å². The van der Waals surface area contributed by atoms with Crippen LogP contribution in [0.3, 0.4) is 0 Å². The molecule has 1 aromatic heterocycles. The zero-order chi connectivity index (χ0) is 9.97. The fraction of sp³-hybridized carbons (Fsp3) is 0.364. The Kier molecular flexibility index (Phi) is 2.39. The van der Waals surface area contributed by atoms with Gasteiger partial charge in [-0.3, -0.25) is 0 Å². The lowest BCUT2D eigenvalue weighted by Gasteiger charge is -2.20. The van der Waals surface area contributed by atoms with Crippen molar-refractivity contribution in [1.29, 1.82) is 0 Å². The van der Waals surface area contributed by atoms with Crippen LogP contribution in [-0.2, 0) is 0 Å². The quantitative estimate of drug-likeness (QED) is 0.800. The maximum absolute atomic E-state index is 4.12. The molecule has 1 N–H and O–H groups in total. The normalized spacial score (nSPS) is 10.7. The average molecular weight is 188 g/mol. The maximum atomic E-state index is 4.12. The Morgan fingerprint density at radius 2 is 2.14 bits per heavy atom. The van der Waals surface area contributed by atoms with Crippen LogP contribution >= 0.6 is 0 Å². The summed E-state index contributed by atoms with van der Waals surface area (Å²) in [5.74, 6) is 0. The number of nitrogens with zero attached hydrogens (tertiary/aromatic N) is 2. The zero-order valence-corrected chi connectivity index (χ0v) is 8.54. The second-order valence-electron chi connectivity index (χ2n) is 3.22. The molecule has 0 aliphatic carbocycles. The van der Waals surface area contributed by atoms with Crippen LogP contribution in [0.5, 0.6) is 0 Å². The molecular formula is C11H14N3. The van der Waals surface area contributed by atoms with E-state index in [9.17, 15) is 0 Å². The summed E-state index contributed by atoms with van der Waals surface area (Å²) < 4.78 is 0. The minimum Gasteiger partial charge on any atom is -0.372 e. The number of hydrogen-bond acceptors (Lipinski definition) is 2. The SMILES string of the molecule is CCN(CC)c1ccc2[nH][c]nc2c1. The highest BCUT2D eigenvalue weighted by Gasteiger charge is 2.03. The molecule has 0 atom stereocenters. The number of aromatic amines is 1. The highest BCUT2D eigenvalue weighted by atomic mass is 15.1. The van der Waals surface area contributed by atoms with E-state index < -0.39 is 0 Å². The number of H-pyrrole nitrogens is 1. The number of aromatic nitrogens is 2. The first-order valence-electron chi connectivity index (χ1n) is 4.96. The first-order chi connectivity index (χ1) is 6.85. The summed E-state index contributed by atoms with van der Waals surface area (Å²) in [6, 6.07) is 6.25. The van der Waals surface area contributed by atoms with E-state index in [2.05, 4.69) is 47.2 Å². The van der Waals surface area contributed by atoms with Crippen molar-refractivity contribution < 1.29 is 0 Å². The summed E-state index contributed by atoms with van der Waals surface area (Å²) in [6.07, 6.45) is 2.75. The van der Waals surface area contributed by atoms with Gasteiger partial charge in [0.05, 0.1) is 11.0 Å². The van der Waals surface area contributed by atoms with Crippen LogP contribution in [0.2, 0.25) is 0 Å². The Labute approximate surface area is 83.8 Å². The molecule has 14 heavy (non-hydrogen) atoms. The smallest absolute Gasteiger partial charge is 0.174 e. The van der Waals surface area contributed by atoms with Crippen molar-refractivity contribution in [3.8, 4) is 0 Å². The molecule has 0 bridgehead atoms. The number of anilines is 1. The highest BCUT2D eigenvalue weighted by Crippen LogP contribution is 2.19. The third-order valence-corrected chi connectivity index (χ3v) is 2.48. The van der Waals surface area contributed by atoms with Gasteiger partial charge in [0.15, 0.2) is 6.33 Å². The molecule has 0 aliphatic heterocycles. The van der Waals surface area contributed by atoms with Crippen LogP contribution in [0.15, 0.2) is 18.2 Å². The Hall–Kier alpha value is -1.51. The average Bonchev–Trinajstić information content (AvgIpc) is 2.66. The van der Waals surface area contributed by atoms with Gasteiger partial charge < -0.3 is 9.88 Å². The third kappa shape index (κ3) is 1.45. The molecule has 2 rings (SSSR count). The van der Waals surface area contributed by atoms with Crippen LogP contribution < -0.4 is 4.90 Å². The molecule has 3 nitrogen and oxygen atoms in total. The van der Waals surface area contributed by atoms with Gasteiger partial charge in [-0.05, 0) is 32.0 Å². The molecule has 0 saturated carbocycles. The van der Waals surface area contributed by atoms with Gasteiger partial charge in [-0.25, -0.2) is 4.98 Å². The van der Waals surface area contributed by atoms with Gasteiger partial charge in [-0.1, -0.05) is 0 Å².